The summed E-state index contributed by atoms with van der Waals surface area (Å²) in [6, 6.07) is 16.0. The molecule has 2 saturated heterocycles. The van der Waals surface area contributed by atoms with Crippen LogP contribution >= 0.6 is 0 Å². The lowest BCUT2D eigenvalue weighted by atomic mass is 9.98. The van der Waals surface area contributed by atoms with Gasteiger partial charge in [-0.15, -0.1) is 0 Å². The first kappa shape index (κ1) is 47.3. The Morgan fingerprint density at radius 2 is 1.35 bits per heavy atom. The van der Waals surface area contributed by atoms with Crippen LogP contribution in [0.3, 0.4) is 0 Å². The summed E-state index contributed by atoms with van der Waals surface area (Å²) in [5.41, 5.74) is 4.55. The van der Waals surface area contributed by atoms with E-state index >= 15 is 8.78 Å². The lowest BCUT2D eigenvalue weighted by Gasteiger charge is -2.30. The average Bonchev–Trinajstić information content (AvgIpc) is 4.15. The molecule has 2 aromatic heterocycles. The molecule has 5 atom stereocenters. The molecule has 2 fully saturated rings. The first-order valence-electron chi connectivity index (χ1n) is 22.9. The van der Waals surface area contributed by atoms with Crippen LogP contribution in [0.1, 0.15) is 76.9 Å². The maximum atomic E-state index is 16.6. The Balaban J connectivity index is 0.981. The summed E-state index contributed by atoms with van der Waals surface area (Å²) < 4.78 is 42.7. The number of likely N-dealkylation sites (tertiary alicyclic amines) is 2. The molecule has 17 heteroatoms. The first-order valence-corrected chi connectivity index (χ1v) is 22.9. The molecule has 0 radical (unpaired) electrons. The zero-order valence-electron chi connectivity index (χ0n) is 39.1. The molecule has 5 aromatic rings. The van der Waals surface area contributed by atoms with Gasteiger partial charge in [-0.25, -0.2) is 14.6 Å². The number of benzene rings is 3. The number of aromatic amines is 1. The van der Waals surface area contributed by atoms with Crippen molar-refractivity contribution in [2.75, 3.05) is 32.6 Å². The second-order valence-electron chi connectivity index (χ2n) is 18.6. The van der Waals surface area contributed by atoms with Gasteiger partial charge in [0.2, 0.25) is 17.7 Å². The number of hydrogen-bond acceptors (Lipinski definition) is 9. The summed E-state index contributed by atoms with van der Waals surface area (Å²) in [4.78, 5) is 81.0. The standard InChI is InChI=1S/C51H56F2N8O7/c1-27(2)43(58-49(65)67-6)47(63)60-17-9-12-41(60)45-55-25-40(57-45)34-19-33(23-54-24-34)32-14-16-37-36-15-13-31(21-38(36)51(52,53)39(37)22-32)30-10-8-11-35(20-30)56-46(62)42-18-29(5)26-61(42)48(64)44(28(3)4)59-50(66)68-7/h8,10-11,13-16,19-25,27-29,41-44H,9,12,17-18,26H2,1-7H3,(H,55,57)(H,56,62)(H,58,65)(H,59,66)/t29?,41?,42-,43?,44-/m0/s1. The van der Waals surface area contributed by atoms with Gasteiger partial charge in [0, 0.05) is 59.6 Å². The third kappa shape index (κ3) is 9.25. The number of halogens is 2. The monoisotopic (exact) mass is 930 g/mol. The van der Waals surface area contributed by atoms with Crippen molar-refractivity contribution in [1.29, 1.82) is 0 Å². The predicted molar refractivity (Wildman–Crippen MR) is 251 cm³/mol. The first-order chi connectivity index (χ1) is 32.5. The second kappa shape index (κ2) is 19.2. The molecular formula is C51H56F2N8O7. The largest absolute Gasteiger partial charge is 0.453 e. The SMILES string of the molecule is COC(=O)NC(C(=O)N1CCCC1c1nc(-c2cncc(-c3ccc4c(c3)C(F)(F)c3cc(-c5cccc(NC(=O)[C@@H]6CC(C)CN6C(=O)[C@@H](NC(=O)OC)C(C)C)c5)ccc3-4)c2)c[nH]1)C(C)C. The number of imidazole rings is 1. The maximum absolute atomic E-state index is 16.6. The number of pyridine rings is 1. The van der Waals surface area contributed by atoms with Crippen LogP contribution in [0, 0.1) is 17.8 Å². The highest BCUT2D eigenvalue weighted by molar-refractivity contribution is 5.99. The molecule has 3 unspecified atom stereocenters. The van der Waals surface area contributed by atoms with Gasteiger partial charge in [-0.2, -0.15) is 8.78 Å². The highest BCUT2D eigenvalue weighted by atomic mass is 19.3. The molecular weight excluding hydrogens is 875 g/mol. The van der Waals surface area contributed by atoms with Crippen molar-refractivity contribution in [2.24, 2.45) is 17.8 Å². The number of rotatable bonds is 12. The number of nitrogens with zero attached hydrogens (tertiary/aromatic N) is 4. The van der Waals surface area contributed by atoms with E-state index in [9.17, 15) is 24.0 Å². The smallest absolute Gasteiger partial charge is 0.407 e. The number of nitrogens with one attached hydrogen (secondary N) is 4. The summed E-state index contributed by atoms with van der Waals surface area (Å²) in [7, 11) is 2.48. The molecule has 356 valence electrons. The zero-order chi connectivity index (χ0) is 48.6. The van der Waals surface area contributed by atoms with Crippen molar-refractivity contribution < 1.29 is 42.2 Å². The number of ether oxygens (including phenoxy) is 2. The summed E-state index contributed by atoms with van der Waals surface area (Å²) in [6.07, 6.45) is 5.46. The number of anilines is 1. The van der Waals surface area contributed by atoms with Crippen molar-refractivity contribution in [1.82, 2.24) is 35.4 Å². The number of amides is 5. The van der Waals surface area contributed by atoms with Crippen molar-refractivity contribution in [3.8, 4) is 44.6 Å². The third-order valence-electron chi connectivity index (χ3n) is 13.2. The number of alkyl halides is 2. The van der Waals surface area contributed by atoms with Crippen LogP contribution in [0.4, 0.5) is 24.1 Å². The molecule has 8 rings (SSSR count). The number of alkyl carbamates (subject to hydrolysis) is 2. The number of H-pyrrole nitrogens is 1. The molecule has 1 aliphatic carbocycles. The van der Waals surface area contributed by atoms with Gasteiger partial charge in [0.25, 0.3) is 5.92 Å². The minimum Gasteiger partial charge on any atom is -0.453 e. The normalized spacial score (nSPS) is 19.0. The van der Waals surface area contributed by atoms with Crippen LogP contribution in [0.25, 0.3) is 44.6 Å². The van der Waals surface area contributed by atoms with E-state index in [1.807, 2.05) is 26.8 Å². The summed E-state index contributed by atoms with van der Waals surface area (Å²) in [5.74, 6) is -4.12. The molecule has 4 N–H and O–H groups in total. The van der Waals surface area contributed by atoms with Crippen LogP contribution in [0.15, 0.2) is 85.3 Å². The number of carbonyl (C=O) groups excluding carboxylic acids is 5. The Kier molecular flexibility index (Phi) is 13.4. The van der Waals surface area contributed by atoms with E-state index in [1.54, 1.807) is 85.9 Å². The quantitative estimate of drug-likeness (QED) is 0.0951. The van der Waals surface area contributed by atoms with Gasteiger partial charge in [0.05, 0.1) is 26.0 Å². The fourth-order valence-electron chi connectivity index (χ4n) is 9.59. The van der Waals surface area contributed by atoms with E-state index in [0.29, 0.717) is 82.1 Å². The van der Waals surface area contributed by atoms with Crippen LogP contribution in [-0.4, -0.2) is 100 Å². The van der Waals surface area contributed by atoms with Gasteiger partial charge in [-0.05, 0) is 95.2 Å². The summed E-state index contributed by atoms with van der Waals surface area (Å²) in [5, 5.41) is 8.20. The molecule has 0 bridgehead atoms. The molecule has 2 aliphatic heterocycles. The van der Waals surface area contributed by atoms with E-state index in [4.69, 9.17) is 14.5 Å². The molecule has 15 nitrogen and oxygen atoms in total. The van der Waals surface area contributed by atoms with Crippen molar-refractivity contribution in [3.63, 3.8) is 0 Å². The van der Waals surface area contributed by atoms with Gasteiger partial charge < -0.3 is 40.2 Å². The predicted octanol–water partition coefficient (Wildman–Crippen LogP) is 8.53. The fraction of sp³-hybridized carbons (Fsp3) is 0.392. The van der Waals surface area contributed by atoms with Gasteiger partial charge in [0.1, 0.15) is 23.9 Å². The van der Waals surface area contributed by atoms with Crippen molar-refractivity contribution in [2.45, 2.75) is 84.0 Å². The second-order valence-corrected chi connectivity index (χ2v) is 18.6. The fourth-order valence-corrected chi connectivity index (χ4v) is 9.59. The Morgan fingerprint density at radius 1 is 0.765 bits per heavy atom. The average molecular weight is 931 g/mol. The topological polar surface area (TPSA) is 188 Å². The minimum atomic E-state index is -3.33. The highest BCUT2D eigenvalue weighted by Crippen LogP contribution is 2.53. The number of methoxy groups -OCH3 is 2. The number of fused-ring (bicyclic) bond motifs is 3. The Labute approximate surface area is 393 Å². The van der Waals surface area contributed by atoms with Gasteiger partial charge in [0.15, 0.2) is 0 Å². The lowest BCUT2D eigenvalue weighted by Crippen LogP contribution is -2.54. The van der Waals surface area contributed by atoms with Crippen LogP contribution in [-0.2, 0) is 29.8 Å². The molecule has 3 aromatic carbocycles. The van der Waals surface area contributed by atoms with Crippen LogP contribution in [0.5, 0.6) is 0 Å². The van der Waals surface area contributed by atoms with Crippen LogP contribution in [0.2, 0.25) is 0 Å². The third-order valence-corrected chi connectivity index (χ3v) is 13.2. The zero-order valence-corrected chi connectivity index (χ0v) is 39.1. The van der Waals surface area contributed by atoms with Crippen molar-refractivity contribution >= 4 is 35.6 Å². The van der Waals surface area contributed by atoms with E-state index in [2.05, 4.69) is 25.9 Å². The molecule has 68 heavy (non-hydrogen) atoms. The molecule has 0 saturated carbocycles. The Bertz CT molecular complexity index is 2760. The van der Waals surface area contributed by atoms with E-state index in [0.717, 1.165) is 6.42 Å². The Hall–Kier alpha value is -7.17. The highest BCUT2D eigenvalue weighted by Gasteiger charge is 2.45. The lowest BCUT2D eigenvalue weighted by molar-refractivity contribution is -0.139. The van der Waals surface area contributed by atoms with Gasteiger partial charge in [-0.1, -0.05) is 71.0 Å². The summed E-state index contributed by atoms with van der Waals surface area (Å²) in [6.45, 7) is 10.1. The van der Waals surface area contributed by atoms with E-state index < -0.39 is 42.1 Å². The van der Waals surface area contributed by atoms with E-state index in [-0.39, 0.29) is 46.7 Å². The number of carbonyl (C=O) groups is 5. The molecule has 3 aliphatic rings. The molecule has 0 spiro atoms. The van der Waals surface area contributed by atoms with Crippen molar-refractivity contribution in [3.05, 3.63) is 102 Å². The van der Waals surface area contributed by atoms with Gasteiger partial charge >= 0.3 is 12.2 Å². The van der Waals surface area contributed by atoms with Gasteiger partial charge in [-0.3, -0.25) is 19.4 Å². The molecule has 4 heterocycles. The summed E-state index contributed by atoms with van der Waals surface area (Å²) >= 11 is 0. The maximum Gasteiger partial charge on any atom is 0.407 e. The minimum absolute atomic E-state index is 0.0380. The van der Waals surface area contributed by atoms with E-state index in [1.165, 1.54) is 31.3 Å². The van der Waals surface area contributed by atoms with Crippen LogP contribution < -0.4 is 16.0 Å². The molecule has 5 amide bonds. The number of aromatic nitrogens is 3. The Morgan fingerprint density at radius 3 is 1.97 bits per heavy atom. The number of hydrogen-bond donors (Lipinski definition) is 4.